The maximum absolute atomic E-state index is 6.02. The van der Waals surface area contributed by atoms with Gasteiger partial charge in [0.2, 0.25) is 0 Å². The van der Waals surface area contributed by atoms with E-state index in [0.717, 1.165) is 30.1 Å². The van der Waals surface area contributed by atoms with Crippen LogP contribution in [0.4, 0.5) is 5.69 Å². The van der Waals surface area contributed by atoms with Gasteiger partial charge < -0.3 is 16.4 Å². The highest BCUT2D eigenvalue weighted by atomic mass is 15.1. The SMILES string of the molecule is CC1CCCN(c2cccc3c2C(N)=NC3N)C1. The highest BCUT2D eigenvalue weighted by Crippen LogP contribution is 2.34. The minimum atomic E-state index is -0.290. The zero-order valence-electron chi connectivity index (χ0n) is 10.8. The zero-order chi connectivity index (χ0) is 12.7. The zero-order valence-corrected chi connectivity index (χ0v) is 10.8. The third-order valence-corrected chi connectivity index (χ3v) is 3.93. The molecule has 2 aliphatic rings. The van der Waals surface area contributed by atoms with Gasteiger partial charge in [-0.25, -0.2) is 4.99 Å². The third-order valence-electron chi connectivity index (χ3n) is 3.93. The second-order valence-corrected chi connectivity index (χ2v) is 5.39. The maximum atomic E-state index is 6.02. The molecule has 4 N–H and O–H groups in total. The van der Waals surface area contributed by atoms with Crippen molar-refractivity contribution >= 4 is 11.5 Å². The van der Waals surface area contributed by atoms with Crippen LogP contribution in [0.2, 0.25) is 0 Å². The number of fused-ring (bicyclic) bond motifs is 1. The minimum absolute atomic E-state index is 0.290. The Bertz CT molecular complexity index is 495. The fraction of sp³-hybridized carbons (Fsp3) is 0.500. The summed E-state index contributed by atoms with van der Waals surface area (Å²) in [5.41, 5.74) is 15.3. The lowest BCUT2D eigenvalue weighted by Crippen LogP contribution is -2.35. The summed E-state index contributed by atoms with van der Waals surface area (Å²) in [6.07, 6.45) is 2.27. The molecule has 0 spiro atoms. The van der Waals surface area contributed by atoms with Crippen LogP contribution in [0.25, 0.3) is 0 Å². The number of aliphatic imine (C=N–C) groups is 1. The molecule has 2 atom stereocenters. The number of hydrogen-bond acceptors (Lipinski definition) is 4. The fourth-order valence-corrected chi connectivity index (χ4v) is 3.04. The van der Waals surface area contributed by atoms with Crippen molar-refractivity contribution in [3.05, 3.63) is 29.3 Å². The van der Waals surface area contributed by atoms with Gasteiger partial charge in [-0.3, -0.25) is 0 Å². The van der Waals surface area contributed by atoms with Gasteiger partial charge in [0, 0.05) is 29.9 Å². The quantitative estimate of drug-likeness (QED) is 0.788. The van der Waals surface area contributed by atoms with Crippen LogP contribution in [0.5, 0.6) is 0 Å². The number of anilines is 1. The Balaban J connectivity index is 2.01. The minimum Gasteiger partial charge on any atom is -0.383 e. The van der Waals surface area contributed by atoms with Gasteiger partial charge in [0.1, 0.15) is 12.0 Å². The van der Waals surface area contributed by atoms with E-state index in [1.807, 2.05) is 6.07 Å². The number of rotatable bonds is 1. The summed E-state index contributed by atoms with van der Waals surface area (Å²) in [5.74, 6) is 1.33. The van der Waals surface area contributed by atoms with Gasteiger partial charge in [-0.2, -0.15) is 0 Å². The normalized spacial score (nSPS) is 27.0. The molecule has 3 rings (SSSR count). The van der Waals surface area contributed by atoms with E-state index in [1.54, 1.807) is 0 Å². The first kappa shape index (κ1) is 11.5. The van der Waals surface area contributed by atoms with Crippen molar-refractivity contribution in [2.45, 2.75) is 25.9 Å². The molecular weight excluding hydrogens is 224 g/mol. The van der Waals surface area contributed by atoms with Gasteiger partial charge >= 0.3 is 0 Å². The molecular formula is C14H20N4. The van der Waals surface area contributed by atoms with Crippen LogP contribution in [0.3, 0.4) is 0 Å². The number of hydrogen-bond donors (Lipinski definition) is 2. The standard InChI is InChI=1S/C14H20N4/c1-9-4-3-7-18(8-9)11-6-2-5-10-12(11)14(16)17-13(10)15/h2,5-6,9,13H,3-4,7-8,15H2,1H3,(H2,16,17). The van der Waals surface area contributed by atoms with Gasteiger partial charge in [0.25, 0.3) is 0 Å². The molecule has 4 nitrogen and oxygen atoms in total. The largest absolute Gasteiger partial charge is 0.383 e. The molecule has 18 heavy (non-hydrogen) atoms. The Hall–Kier alpha value is -1.55. The van der Waals surface area contributed by atoms with E-state index in [9.17, 15) is 0 Å². The Morgan fingerprint density at radius 1 is 1.39 bits per heavy atom. The van der Waals surface area contributed by atoms with Gasteiger partial charge in [0.15, 0.2) is 0 Å². The molecule has 1 saturated heterocycles. The van der Waals surface area contributed by atoms with Crippen LogP contribution < -0.4 is 16.4 Å². The van der Waals surface area contributed by atoms with Gasteiger partial charge in [-0.05, 0) is 24.8 Å². The highest BCUT2D eigenvalue weighted by Gasteiger charge is 2.27. The van der Waals surface area contributed by atoms with Crippen LogP contribution in [0.1, 0.15) is 37.1 Å². The summed E-state index contributed by atoms with van der Waals surface area (Å²) in [6.45, 7) is 4.50. The molecule has 0 radical (unpaired) electrons. The van der Waals surface area contributed by atoms with Crippen LogP contribution in [-0.4, -0.2) is 18.9 Å². The molecule has 1 aromatic carbocycles. The molecule has 1 aromatic rings. The number of benzene rings is 1. The highest BCUT2D eigenvalue weighted by molar-refractivity contribution is 6.06. The summed E-state index contributed by atoms with van der Waals surface area (Å²) < 4.78 is 0. The lowest BCUT2D eigenvalue weighted by molar-refractivity contribution is 0.446. The van der Waals surface area contributed by atoms with Crippen molar-refractivity contribution in [3.8, 4) is 0 Å². The lowest BCUT2D eigenvalue weighted by Gasteiger charge is -2.34. The van der Waals surface area contributed by atoms with E-state index in [1.165, 1.54) is 18.5 Å². The molecule has 0 amide bonds. The molecule has 0 aliphatic carbocycles. The van der Waals surface area contributed by atoms with Crippen molar-refractivity contribution in [1.29, 1.82) is 0 Å². The molecule has 0 bridgehead atoms. The summed E-state index contributed by atoms with van der Waals surface area (Å²) in [5, 5.41) is 0. The monoisotopic (exact) mass is 244 g/mol. The van der Waals surface area contributed by atoms with Crippen LogP contribution >= 0.6 is 0 Å². The topological polar surface area (TPSA) is 67.6 Å². The lowest BCUT2D eigenvalue weighted by atomic mass is 9.97. The second-order valence-electron chi connectivity index (χ2n) is 5.39. The molecule has 2 heterocycles. The Kier molecular flexibility index (Phi) is 2.74. The number of nitrogens with zero attached hydrogens (tertiary/aromatic N) is 2. The molecule has 1 fully saturated rings. The first-order chi connectivity index (χ1) is 8.66. The molecule has 4 heteroatoms. The smallest absolute Gasteiger partial charge is 0.130 e. The number of piperidine rings is 1. The van der Waals surface area contributed by atoms with E-state index in [2.05, 4.69) is 28.9 Å². The maximum Gasteiger partial charge on any atom is 0.130 e. The van der Waals surface area contributed by atoms with E-state index in [4.69, 9.17) is 11.5 Å². The average Bonchev–Trinajstić information content (AvgIpc) is 2.65. The van der Waals surface area contributed by atoms with E-state index >= 15 is 0 Å². The Morgan fingerprint density at radius 2 is 2.22 bits per heavy atom. The summed E-state index contributed by atoms with van der Waals surface area (Å²) >= 11 is 0. The van der Waals surface area contributed by atoms with E-state index in [-0.39, 0.29) is 6.17 Å². The van der Waals surface area contributed by atoms with Gasteiger partial charge in [-0.1, -0.05) is 19.1 Å². The fourth-order valence-electron chi connectivity index (χ4n) is 3.04. The van der Waals surface area contributed by atoms with Crippen molar-refractivity contribution < 1.29 is 0 Å². The van der Waals surface area contributed by atoms with Crippen molar-refractivity contribution in [1.82, 2.24) is 0 Å². The summed E-state index contributed by atoms with van der Waals surface area (Å²) in [6, 6.07) is 6.22. The molecule has 0 saturated carbocycles. The predicted molar refractivity (Wildman–Crippen MR) is 74.7 cm³/mol. The Morgan fingerprint density at radius 3 is 3.00 bits per heavy atom. The van der Waals surface area contributed by atoms with Gasteiger partial charge in [0.05, 0.1) is 0 Å². The molecule has 2 aliphatic heterocycles. The molecule has 96 valence electrons. The first-order valence-corrected chi connectivity index (χ1v) is 6.64. The average molecular weight is 244 g/mol. The number of amidine groups is 1. The second kappa shape index (κ2) is 4.28. The van der Waals surface area contributed by atoms with Crippen molar-refractivity contribution in [2.24, 2.45) is 22.4 Å². The Labute approximate surface area is 108 Å². The summed E-state index contributed by atoms with van der Waals surface area (Å²) in [7, 11) is 0. The van der Waals surface area contributed by atoms with Crippen LogP contribution in [-0.2, 0) is 0 Å². The van der Waals surface area contributed by atoms with E-state index in [0.29, 0.717) is 5.84 Å². The van der Waals surface area contributed by atoms with E-state index < -0.39 is 0 Å². The number of nitrogens with two attached hydrogens (primary N) is 2. The predicted octanol–water partition coefficient (Wildman–Crippen LogP) is 1.60. The summed E-state index contributed by atoms with van der Waals surface area (Å²) in [4.78, 5) is 6.70. The molecule has 2 unspecified atom stereocenters. The first-order valence-electron chi connectivity index (χ1n) is 6.64. The van der Waals surface area contributed by atoms with Crippen molar-refractivity contribution in [2.75, 3.05) is 18.0 Å². The van der Waals surface area contributed by atoms with Crippen LogP contribution in [0, 0.1) is 5.92 Å². The molecule has 0 aromatic heterocycles. The third kappa shape index (κ3) is 1.77. The van der Waals surface area contributed by atoms with Crippen molar-refractivity contribution in [3.63, 3.8) is 0 Å². The van der Waals surface area contributed by atoms with Crippen LogP contribution in [0.15, 0.2) is 23.2 Å². The van der Waals surface area contributed by atoms with Gasteiger partial charge in [-0.15, -0.1) is 0 Å².